The lowest BCUT2D eigenvalue weighted by molar-refractivity contribution is 0.101. The van der Waals surface area contributed by atoms with Gasteiger partial charge in [-0.3, -0.25) is 9.78 Å². The maximum atomic E-state index is 12.5. The van der Waals surface area contributed by atoms with Crippen LogP contribution in [0.4, 0.5) is 5.69 Å². The van der Waals surface area contributed by atoms with Gasteiger partial charge in [0.15, 0.2) is 0 Å². The summed E-state index contributed by atoms with van der Waals surface area (Å²) in [6.45, 7) is 2.50. The molecule has 0 saturated heterocycles. The molecule has 5 heteroatoms. The summed E-state index contributed by atoms with van der Waals surface area (Å²) in [6.07, 6.45) is 1.54. The average Bonchev–Trinajstić information content (AvgIpc) is 2.61. The SMILES string of the molecule is CCOc1ccc(N(Cl)C(=O)c2cnc3ccccc3c2)cc1. The zero-order valence-corrected chi connectivity index (χ0v) is 13.3. The first-order valence-corrected chi connectivity index (χ1v) is 7.60. The van der Waals surface area contributed by atoms with E-state index in [-0.39, 0.29) is 5.91 Å². The second-order valence-corrected chi connectivity index (χ2v) is 5.27. The van der Waals surface area contributed by atoms with Crippen molar-refractivity contribution in [2.24, 2.45) is 0 Å². The van der Waals surface area contributed by atoms with Crippen LogP contribution in [0.15, 0.2) is 60.8 Å². The smallest absolute Gasteiger partial charge is 0.274 e. The number of fused-ring (bicyclic) bond motifs is 1. The molecule has 4 nitrogen and oxygen atoms in total. The van der Waals surface area contributed by atoms with Crippen LogP contribution in [0.1, 0.15) is 17.3 Å². The Morgan fingerprint density at radius 2 is 1.91 bits per heavy atom. The maximum Gasteiger partial charge on any atom is 0.274 e. The predicted octanol–water partition coefficient (Wildman–Crippen LogP) is 4.43. The monoisotopic (exact) mass is 326 g/mol. The van der Waals surface area contributed by atoms with Crippen LogP contribution < -0.4 is 9.16 Å². The number of amides is 1. The number of para-hydroxylation sites is 1. The Hall–Kier alpha value is -2.59. The molecule has 0 aliphatic carbocycles. The molecule has 0 fully saturated rings. The summed E-state index contributed by atoms with van der Waals surface area (Å²) < 4.78 is 6.46. The number of hydrogen-bond acceptors (Lipinski definition) is 3. The fraction of sp³-hybridized carbons (Fsp3) is 0.111. The third kappa shape index (κ3) is 3.27. The van der Waals surface area contributed by atoms with Crippen molar-refractivity contribution in [1.82, 2.24) is 4.98 Å². The first kappa shape index (κ1) is 15.3. The van der Waals surface area contributed by atoms with Crippen molar-refractivity contribution in [1.29, 1.82) is 0 Å². The van der Waals surface area contributed by atoms with E-state index in [1.165, 1.54) is 6.20 Å². The average molecular weight is 327 g/mol. The van der Waals surface area contributed by atoms with Crippen molar-refractivity contribution in [3.05, 3.63) is 66.4 Å². The summed E-state index contributed by atoms with van der Waals surface area (Å²) in [6, 6.07) is 16.4. The van der Waals surface area contributed by atoms with Gasteiger partial charge in [-0.1, -0.05) is 18.2 Å². The first-order chi connectivity index (χ1) is 11.2. The highest BCUT2D eigenvalue weighted by molar-refractivity contribution is 6.39. The minimum absolute atomic E-state index is 0.325. The molecule has 0 aliphatic heterocycles. The van der Waals surface area contributed by atoms with E-state index < -0.39 is 0 Å². The summed E-state index contributed by atoms with van der Waals surface area (Å²) in [7, 11) is 0. The van der Waals surface area contributed by atoms with Gasteiger partial charge in [0.05, 0.1) is 23.4 Å². The summed E-state index contributed by atoms with van der Waals surface area (Å²) in [5, 5.41) is 0.898. The Kier molecular flexibility index (Phi) is 4.44. The molecule has 1 aromatic heterocycles. The number of carbonyl (C=O) groups excluding carboxylic acids is 1. The highest BCUT2D eigenvalue weighted by Gasteiger charge is 2.16. The van der Waals surface area contributed by atoms with Gasteiger partial charge < -0.3 is 4.74 Å². The van der Waals surface area contributed by atoms with E-state index in [2.05, 4.69) is 4.98 Å². The highest BCUT2D eigenvalue weighted by Crippen LogP contribution is 2.23. The first-order valence-electron chi connectivity index (χ1n) is 7.27. The number of carbonyl (C=O) groups is 1. The van der Waals surface area contributed by atoms with Gasteiger partial charge in [-0.25, -0.2) is 4.42 Å². The van der Waals surface area contributed by atoms with Crippen LogP contribution in [0.25, 0.3) is 10.9 Å². The van der Waals surface area contributed by atoms with Crippen molar-refractivity contribution >= 4 is 34.3 Å². The van der Waals surface area contributed by atoms with E-state index >= 15 is 0 Å². The zero-order chi connectivity index (χ0) is 16.2. The van der Waals surface area contributed by atoms with E-state index in [0.29, 0.717) is 17.9 Å². The summed E-state index contributed by atoms with van der Waals surface area (Å²) in [4.78, 5) is 16.8. The van der Waals surface area contributed by atoms with Crippen molar-refractivity contribution in [2.45, 2.75) is 6.92 Å². The number of rotatable bonds is 4. The van der Waals surface area contributed by atoms with Crippen LogP contribution in [0.3, 0.4) is 0 Å². The number of pyridine rings is 1. The molecule has 23 heavy (non-hydrogen) atoms. The molecular formula is C18H15ClN2O2. The molecule has 0 unspecified atom stereocenters. The molecule has 0 atom stereocenters. The third-order valence-electron chi connectivity index (χ3n) is 3.39. The summed E-state index contributed by atoms with van der Waals surface area (Å²) >= 11 is 6.19. The Balaban J connectivity index is 1.85. The van der Waals surface area contributed by atoms with Crippen molar-refractivity contribution < 1.29 is 9.53 Å². The normalized spacial score (nSPS) is 10.5. The lowest BCUT2D eigenvalue weighted by Gasteiger charge is -2.14. The zero-order valence-electron chi connectivity index (χ0n) is 12.6. The minimum atomic E-state index is -0.325. The predicted molar refractivity (Wildman–Crippen MR) is 92.0 cm³/mol. The van der Waals surface area contributed by atoms with Gasteiger partial charge in [0.25, 0.3) is 5.91 Å². The largest absolute Gasteiger partial charge is 0.494 e. The number of aromatic nitrogens is 1. The Bertz CT molecular complexity index is 834. The molecule has 3 aromatic rings. The maximum absolute atomic E-state index is 12.5. The van der Waals surface area contributed by atoms with Gasteiger partial charge in [-0.15, -0.1) is 0 Å². The minimum Gasteiger partial charge on any atom is -0.494 e. The number of nitrogens with zero attached hydrogens (tertiary/aromatic N) is 2. The van der Waals surface area contributed by atoms with E-state index in [1.54, 1.807) is 30.3 Å². The van der Waals surface area contributed by atoms with E-state index in [1.807, 2.05) is 31.2 Å². The quantitative estimate of drug-likeness (QED) is 0.666. The highest BCUT2D eigenvalue weighted by atomic mass is 35.5. The molecule has 3 rings (SSSR count). The molecule has 2 aromatic carbocycles. The van der Waals surface area contributed by atoms with Gasteiger partial charge in [0.1, 0.15) is 5.75 Å². The Morgan fingerprint density at radius 3 is 2.65 bits per heavy atom. The molecule has 0 N–H and O–H groups in total. The van der Waals surface area contributed by atoms with Crippen molar-refractivity contribution in [3.63, 3.8) is 0 Å². The number of benzene rings is 2. The topological polar surface area (TPSA) is 42.4 Å². The van der Waals surface area contributed by atoms with Crippen LogP contribution >= 0.6 is 11.8 Å². The van der Waals surface area contributed by atoms with Gasteiger partial charge in [-0.2, -0.15) is 0 Å². The van der Waals surface area contributed by atoms with E-state index in [9.17, 15) is 4.79 Å². The molecule has 0 radical (unpaired) electrons. The van der Waals surface area contributed by atoms with Crippen LogP contribution in [0, 0.1) is 0 Å². The van der Waals surface area contributed by atoms with Crippen LogP contribution in [0.5, 0.6) is 5.75 Å². The molecule has 116 valence electrons. The number of halogens is 1. The number of hydrogen-bond donors (Lipinski definition) is 0. The molecule has 0 aliphatic rings. The fourth-order valence-electron chi connectivity index (χ4n) is 2.26. The van der Waals surface area contributed by atoms with Crippen molar-refractivity contribution in [3.8, 4) is 5.75 Å². The van der Waals surface area contributed by atoms with Crippen LogP contribution in [0.2, 0.25) is 0 Å². The second-order valence-electron chi connectivity index (χ2n) is 4.93. The fourth-order valence-corrected chi connectivity index (χ4v) is 2.47. The van der Waals surface area contributed by atoms with Gasteiger partial charge in [0, 0.05) is 23.4 Å². The molecule has 0 bridgehead atoms. The second kappa shape index (κ2) is 6.67. The lowest BCUT2D eigenvalue weighted by Crippen LogP contribution is -2.20. The molecule has 0 saturated carbocycles. The number of anilines is 1. The Morgan fingerprint density at radius 1 is 1.17 bits per heavy atom. The molecular weight excluding hydrogens is 312 g/mol. The number of ether oxygens (including phenoxy) is 1. The molecule has 1 amide bonds. The standard InChI is InChI=1S/C18H15ClN2O2/c1-2-23-16-9-7-15(8-10-16)21(19)18(22)14-11-13-5-3-4-6-17(13)20-12-14/h3-12H,2H2,1H3. The summed E-state index contributed by atoms with van der Waals surface area (Å²) in [5.74, 6) is 0.412. The van der Waals surface area contributed by atoms with Gasteiger partial charge in [0.2, 0.25) is 0 Å². The van der Waals surface area contributed by atoms with E-state index in [0.717, 1.165) is 21.1 Å². The molecule has 1 heterocycles. The van der Waals surface area contributed by atoms with Crippen LogP contribution in [-0.2, 0) is 0 Å². The van der Waals surface area contributed by atoms with Crippen LogP contribution in [-0.4, -0.2) is 17.5 Å². The third-order valence-corrected chi connectivity index (χ3v) is 3.74. The summed E-state index contributed by atoms with van der Waals surface area (Å²) in [5.41, 5.74) is 1.85. The van der Waals surface area contributed by atoms with Crippen molar-refractivity contribution in [2.75, 3.05) is 11.0 Å². The van der Waals surface area contributed by atoms with E-state index in [4.69, 9.17) is 16.5 Å². The van der Waals surface area contributed by atoms with Gasteiger partial charge >= 0.3 is 0 Å². The lowest BCUT2D eigenvalue weighted by atomic mass is 10.1. The molecule has 0 spiro atoms. The Labute approximate surface area is 139 Å². The van der Waals surface area contributed by atoms with Gasteiger partial charge in [-0.05, 0) is 43.3 Å².